The van der Waals surface area contributed by atoms with Crippen molar-refractivity contribution in [2.24, 2.45) is 0 Å². The van der Waals surface area contributed by atoms with Crippen molar-refractivity contribution in [2.75, 3.05) is 24.4 Å². The molecule has 150 valence electrons. The Hall–Kier alpha value is -3.02. The first-order valence-corrected chi connectivity index (χ1v) is 9.34. The molecule has 28 heavy (non-hydrogen) atoms. The van der Waals surface area contributed by atoms with E-state index in [1.807, 2.05) is 26.0 Å². The number of ether oxygens (including phenoxy) is 2. The lowest BCUT2D eigenvalue weighted by atomic mass is 10.1. The van der Waals surface area contributed by atoms with Crippen LogP contribution in [0.15, 0.2) is 36.4 Å². The van der Waals surface area contributed by atoms with Crippen LogP contribution in [-0.2, 0) is 9.59 Å². The molecule has 0 aliphatic heterocycles. The zero-order valence-electron chi connectivity index (χ0n) is 16.9. The first kappa shape index (κ1) is 21.3. The van der Waals surface area contributed by atoms with Crippen molar-refractivity contribution in [3.8, 4) is 11.5 Å². The number of methoxy groups -OCH3 is 1. The first-order valence-electron chi connectivity index (χ1n) is 9.34. The molecular formula is C22H28N2O4. The van der Waals surface area contributed by atoms with Gasteiger partial charge in [0.1, 0.15) is 11.5 Å². The van der Waals surface area contributed by atoms with Crippen LogP contribution in [0.2, 0.25) is 0 Å². The highest BCUT2D eigenvalue weighted by atomic mass is 16.5. The second-order valence-corrected chi connectivity index (χ2v) is 6.72. The molecule has 0 fully saturated rings. The minimum Gasteiger partial charge on any atom is -0.495 e. The molecule has 6 nitrogen and oxygen atoms in total. The van der Waals surface area contributed by atoms with E-state index in [1.165, 1.54) is 14.0 Å². The maximum Gasteiger partial charge on any atom is 0.224 e. The number of hydrogen-bond acceptors (Lipinski definition) is 4. The number of benzene rings is 2. The van der Waals surface area contributed by atoms with Gasteiger partial charge in [-0.2, -0.15) is 0 Å². The fourth-order valence-corrected chi connectivity index (χ4v) is 2.73. The zero-order valence-corrected chi connectivity index (χ0v) is 16.9. The van der Waals surface area contributed by atoms with E-state index in [4.69, 9.17) is 9.47 Å². The molecule has 0 unspecified atom stereocenters. The number of anilines is 2. The molecule has 0 saturated heterocycles. The Balaban J connectivity index is 1.78. The molecule has 6 heteroatoms. The Bertz CT molecular complexity index is 833. The predicted molar refractivity (Wildman–Crippen MR) is 111 cm³/mol. The summed E-state index contributed by atoms with van der Waals surface area (Å²) < 4.78 is 11.0. The summed E-state index contributed by atoms with van der Waals surface area (Å²) in [5, 5.41) is 5.54. The normalized spacial score (nSPS) is 10.3. The fraction of sp³-hybridized carbons (Fsp3) is 0.364. The Morgan fingerprint density at radius 3 is 2.46 bits per heavy atom. The SMILES string of the molecule is COc1ccc(NC(=O)CCCCOc2cc(C)ccc2C)cc1NC(C)=O. The number of nitrogens with one attached hydrogen (secondary N) is 2. The van der Waals surface area contributed by atoms with Crippen LogP contribution in [0.4, 0.5) is 11.4 Å². The maximum absolute atomic E-state index is 12.2. The molecule has 0 aromatic heterocycles. The molecule has 0 spiro atoms. The first-order chi connectivity index (χ1) is 13.4. The highest BCUT2D eigenvalue weighted by Gasteiger charge is 2.08. The van der Waals surface area contributed by atoms with Gasteiger partial charge in [-0.1, -0.05) is 12.1 Å². The second kappa shape index (κ2) is 10.3. The summed E-state index contributed by atoms with van der Waals surface area (Å²) >= 11 is 0. The van der Waals surface area contributed by atoms with E-state index in [1.54, 1.807) is 18.2 Å². The van der Waals surface area contributed by atoms with Gasteiger partial charge in [0.2, 0.25) is 11.8 Å². The Labute approximate surface area is 166 Å². The van der Waals surface area contributed by atoms with Gasteiger partial charge in [-0.05, 0) is 62.1 Å². The van der Waals surface area contributed by atoms with Crippen LogP contribution in [0, 0.1) is 13.8 Å². The van der Waals surface area contributed by atoms with Crippen LogP contribution in [0.3, 0.4) is 0 Å². The maximum atomic E-state index is 12.2. The third-order valence-corrected chi connectivity index (χ3v) is 4.19. The van der Waals surface area contributed by atoms with Crippen LogP contribution in [0.5, 0.6) is 11.5 Å². The number of amides is 2. The highest BCUT2D eigenvalue weighted by molar-refractivity contribution is 5.94. The topological polar surface area (TPSA) is 76.7 Å². The van der Waals surface area contributed by atoms with E-state index >= 15 is 0 Å². The summed E-state index contributed by atoms with van der Waals surface area (Å²) in [6.45, 7) is 6.05. The lowest BCUT2D eigenvalue weighted by Gasteiger charge is -2.12. The standard InChI is InChI=1S/C22H28N2O4/c1-15-8-9-16(2)21(13-15)28-12-6-5-7-22(26)24-18-10-11-20(27-4)19(14-18)23-17(3)25/h8-11,13-14H,5-7,12H2,1-4H3,(H,23,25)(H,24,26). The van der Waals surface area contributed by atoms with Crippen molar-refractivity contribution in [1.29, 1.82) is 0 Å². The molecule has 2 aromatic carbocycles. The van der Waals surface area contributed by atoms with E-state index < -0.39 is 0 Å². The average molecular weight is 384 g/mol. The van der Waals surface area contributed by atoms with Gasteiger partial charge < -0.3 is 20.1 Å². The predicted octanol–water partition coefficient (Wildman–Crippen LogP) is 4.46. The summed E-state index contributed by atoms with van der Waals surface area (Å²) in [4.78, 5) is 23.5. The van der Waals surface area contributed by atoms with Crippen molar-refractivity contribution in [2.45, 2.75) is 40.0 Å². The van der Waals surface area contributed by atoms with E-state index in [2.05, 4.69) is 16.7 Å². The molecular weight excluding hydrogens is 356 g/mol. The van der Waals surface area contributed by atoms with E-state index in [0.717, 1.165) is 29.7 Å². The van der Waals surface area contributed by atoms with Crippen molar-refractivity contribution in [3.63, 3.8) is 0 Å². The largest absolute Gasteiger partial charge is 0.495 e. The quantitative estimate of drug-likeness (QED) is 0.626. The molecule has 2 amide bonds. The number of carbonyl (C=O) groups is 2. The fourth-order valence-electron chi connectivity index (χ4n) is 2.73. The van der Waals surface area contributed by atoms with Crippen molar-refractivity contribution in [1.82, 2.24) is 0 Å². The van der Waals surface area contributed by atoms with Gasteiger partial charge in [-0.25, -0.2) is 0 Å². The van der Waals surface area contributed by atoms with Crippen molar-refractivity contribution >= 4 is 23.2 Å². The number of carbonyl (C=O) groups excluding carboxylic acids is 2. The van der Waals surface area contributed by atoms with Gasteiger partial charge in [0.25, 0.3) is 0 Å². The molecule has 2 aromatic rings. The number of rotatable bonds is 9. The molecule has 0 saturated carbocycles. The number of unbranched alkanes of at least 4 members (excludes halogenated alkanes) is 1. The Morgan fingerprint density at radius 2 is 1.75 bits per heavy atom. The molecule has 0 heterocycles. The van der Waals surface area contributed by atoms with Gasteiger partial charge in [-0.15, -0.1) is 0 Å². The average Bonchev–Trinajstić information content (AvgIpc) is 2.64. The monoisotopic (exact) mass is 384 g/mol. The lowest BCUT2D eigenvalue weighted by molar-refractivity contribution is -0.116. The summed E-state index contributed by atoms with van der Waals surface area (Å²) in [5.74, 6) is 1.15. The van der Waals surface area contributed by atoms with E-state index in [0.29, 0.717) is 30.2 Å². The van der Waals surface area contributed by atoms with Crippen LogP contribution < -0.4 is 20.1 Å². The lowest BCUT2D eigenvalue weighted by Crippen LogP contribution is -2.13. The minimum absolute atomic E-state index is 0.0781. The summed E-state index contributed by atoms with van der Waals surface area (Å²) in [5.41, 5.74) is 3.41. The van der Waals surface area contributed by atoms with Crippen LogP contribution in [0.1, 0.15) is 37.3 Å². The van der Waals surface area contributed by atoms with E-state index in [-0.39, 0.29) is 11.8 Å². The molecule has 0 radical (unpaired) electrons. The molecule has 2 rings (SSSR count). The molecule has 0 bridgehead atoms. The molecule has 0 aliphatic rings. The molecule has 0 aliphatic carbocycles. The third-order valence-electron chi connectivity index (χ3n) is 4.19. The smallest absolute Gasteiger partial charge is 0.224 e. The van der Waals surface area contributed by atoms with Crippen LogP contribution in [0.25, 0.3) is 0 Å². The second-order valence-electron chi connectivity index (χ2n) is 6.72. The summed E-state index contributed by atoms with van der Waals surface area (Å²) in [6, 6.07) is 11.3. The van der Waals surface area contributed by atoms with E-state index in [9.17, 15) is 9.59 Å². The third kappa shape index (κ3) is 6.61. The van der Waals surface area contributed by atoms with Gasteiger partial charge in [0, 0.05) is 19.0 Å². The van der Waals surface area contributed by atoms with Crippen LogP contribution >= 0.6 is 0 Å². The highest BCUT2D eigenvalue weighted by Crippen LogP contribution is 2.28. The van der Waals surface area contributed by atoms with Gasteiger partial charge in [0.05, 0.1) is 19.4 Å². The Kier molecular flexibility index (Phi) is 7.87. The minimum atomic E-state index is -0.203. The van der Waals surface area contributed by atoms with Crippen molar-refractivity contribution in [3.05, 3.63) is 47.5 Å². The summed E-state index contributed by atoms with van der Waals surface area (Å²) in [7, 11) is 1.53. The Morgan fingerprint density at radius 1 is 0.964 bits per heavy atom. The van der Waals surface area contributed by atoms with Gasteiger partial charge in [-0.3, -0.25) is 9.59 Å². The van der Waals surface area contributed by atoms with Gasteiger partial charge >= 0.3 is 0 Å². The zero-order chi connectivity index (χ0) is 20.5. The number of aryl methyl sites for hydroxylation is 2. The van der Waals surface area contributed by atoms with Crippen LogP contribution in [-0.4, -0.2) is 25.5 Å². The molecule has 2 N–H and O–H groups in total. The summed E-state index contributed by atoms with van der Waals surface area (Å²) in [6.07, 6.45) is 1.92. The number of hydrogen-bond donors (Lipinski definition) is 2. The molecule has 0 atom stereocenters. The van der Waals surface area contributed by atoms with Crippen molar-refractivity contribution < 1.29 is 19.1 Å². The van der Waals surface area contributed by atoms with Gasteiger partial charge in [0.15, 0.2) is 0 Å².